The maximum atomic E-state index is 8.01. The van der Waals surface area contributed by atoms with Crippen molar-refractivity contribution in [2.75, 3.05) is 6.54 Å². The molecule has 0 aromatic heterocycles. The molecule has 0 fully saturated rings. The predicted octanol–water partition coefficient (Wildman–Crippen LogP) is 7.21. The zero-order valence-corrected chi connectivity index (χ0v) is 18.2. The minimum Gasteiger partial charge on any atom is -0.489 e. The van der Waals surface area contributed by atoms with Gasteiger partial charge in [-0.15, -0.1) is 0 Å². The van der Waals surface area contributed by atoms with Crippen molar-refractivity contribution in [3.8, 4) is 5.75 Å². The molecule has 0 heterocycles. The lowest BCUT2D eigenvalue weighted by Crippen LogP contribution is -2.38. The third kappa shape index (κ3) is 6.45. The summed E-state index contributed by atoms with van der Waals surface area (Å²) < 4.78 is 78.3. The van der Waals surface area contributed by atoms with Crippen molar-refractivity contribution >= 4 is 0 Å². The lowest BCUT2D eigenvalue weighted by Gasteiger charge is -2.32. The molecule has 0 spiro atoms. The van der Waals surface area contributed by atoms with Crippen LogP contribution in [0, 0.1) is 6.92 Å². The van der Waals surface area contributed by atoms with Crippen LogP contribution in [0.1, 0.15) is 74.4 Å². The minimum atomic E-state index is -2.92. The Kier molecular flexibility index (Phi) is 4.95. The summed E-state index contributed by atoms with van der Waals surface area (Å²) in [6.07, 6.45) is 0.276. The maximum Gasteiger partial charge on any atom is 0.123 e. The van der Waals surface area contributed by atoms with Gasteiger partial charge in [0.2, 0.25) is 0 Å². The summed E-state index contributed by atoms with van der Waals surface area (Å²) in [5.41, 5.74) is 3.79. The Hall–Kier alpha value is -2.58. The summed E-state index contributed by atoms with van der Waals surface area (Å²) in [6.45, 7) is -4.79. The van der Waals surface area contributed by atoms with Crippen LogP contribution in [0.5, 0.6) is 5.75 Å². The summed E-state index contributed by atoms with van der Waals surface area (Å²) in [7, 11) is 0. The van der Waals surface area contributed by atoms with E-state index in [2.05, 4.69) is 0 Å². The van der Waals surface area contributed by atoms with Crippen molar-refractivity contribution in [2.45, 2.75) is 65.4 Å². The smallest absolute Gasteiger partial charge is 0.123 e. The third-order valence-corrected chi connectivity index (χ3v) is 5.48. The molecular weight excluding hydrogens is 378 g/mol. The fourth-order valence-electron chi connectivity index (χ4n) is 3.82. The highest BCUT2D eigenvalue weighted by Gasteiger charge is 2.22. The van der Waals surface area contributed by atoms with E-state index in [0.717, 1.165) is 27.2 Å². The maximum absolute atomic E-state index is 8.01. The van der Waals surface area contributed by atoms with Gasteiger partial charge in [0.15, 0.2) is 0 Å². The molecule has 3 aromatic carbocycles. The predicted molar refractivity (Wildman–Crippen MR) is 132 cm³/mol. The zero-order chi connectivity index (χ0) is 29.7. The van der Waals surface area contributed by atoms with Gasteiger partial charge in [0.25, 0.3) is 0 Å². The molecule has 31 heavy (non-hydrogen) atoms. The van der Waals surface area contributed by atoms with Gasteiger partial charge in [0.05, 0.1) is 0 Å². The molecule has 2 atom stereocenters. The normalized spacial score (nSPS) is 18.9. The molecule has 164 valence electrons. The first kappa shape index (κ1) is 13.8. The van der Waals surface area contributed by atoms with Crippen LogP contribution in [0.25, 0.3) is 0 Å². The van der Waals surface area contributed by atoms with Gasteiger partial charge in [-0.25, -0.2) is 0 Å². The van der Waals surface area contributed by atoms with Crippen LogP contribution in [-0.4, -0.2) is 23.5 Å². The van der Waals surface area contributed by atoms with Crippen LogP contribution in [-0.2, 0) is 6.61 Å². The van der Waals surface area contributed by atoms with E-state index in [1.54, 1.807) is 0 Å². The molecule has 3 rings (SSSR count). The SMILES string of the molecule is [2H]C([2H])([2H])C(C)N(CC[C@H](c1ccccc1)c1cc(C)ccc1OCc1ccccc1)C(C([2H])([2H])[2H])C([2H])([2H])[2H]. The number of hydrogen-bond acceptors (Lipinski definition) is 2. The van der Waals surface area contributed by atoms with Gasteiger partial charge < -0.3 is 4.74 Å². The molecule has 0 N–H and O–H groups in total. The number of hydrogen-bond donors (Lipinski definition) is 0. The van der Waals surface area contributed by atoms with Crippen molar-refractivity contribution in [3.05, 3.63) is 101 Å². The Morgan fingerprint density at radius 3 is 2.23 bits per heavy atom. The van der Waals surface area contributed by atoms with Crippen molar-refractivity contribution in [1.29, 1.82) is 0 Å². The highest BCUT2D eigenvalue weighted by molar-refractivity contribution is 5.44. The standard InChI is InChI=1S/C29H37NO/c1-22(2)30(23(3)4)19-18-27(26-14-10-7-11-15-26)28-20-24(5)16-17-29(28)31-21-25-12-8-6-9-13-25/h6-17,20,22-23,27H,18-19,21H2,1-5H3/t27-/m1/s1/i1D3,2D3,3D3/t23?,27-. The van der Waals surface area contributed by atoms with Crippen LogP contribution in [0.4, 0.5) is 0 Å². The monoisotopic (exact) mass is 424 g/mol. The molecule has 0 amide bonds. The number of benzene rings is 3. The first-order valence-electron chi connectivity index (χ1n) is 15.2. The van der Waals surface area contributed by atoms with Gasteiger partial charge >= 0.3 is 0 Å². The zero-order valence-electron chi connectivity index (χ0n) is 27.2. The van der Waals surface area contributed by atoms with Gasteiger partial charge in [-0.2, -0.15) is 0 Å². The summed E-state index contributed by atoms with van der Waals surface area (Å²) in [6, 6.07) is 22.0. The molecule has 1 unspecified atom stereocenters. The molecular formula is C29H37NO. The van der Waals surface area contributed by atoms with E-state index in [0.29, 0.717) is 12.4 Å². The average Bonchev–Trinajstić information content (AvgIpc) is 2.86. The molecule has 3 aromatic rings. The van der Waals surface area contributed by atoms with Crippen LogP contribution in [0.2, 0.25) is 0 Å². The molecule has 0 saturated heterocycles. The average molecular weight is 425 g/mol. The van der Waals surface area contributed by atoms with E-state index in [4.69, 9.17) is 17.1 Å². The van der Waals surface area contributed by atoms with Gasteiger partial charge in [-0.05, 0) is 64.6 Å². The van der Waals surface area contributed by atoms with Crippen molar-refractivity contribution in [3.63, 3.8) is 0 Å². The Labute approximate surface area is 201 Å². The van der Waals surface area contributed by atoms with E-state index in [9.17, 15) is 0 Å². The summed E-state index contributed by atoms with van der Waals surface area (Å²) in [5.74, 6) is 0.342. The van der Waals surface area contributed by atoms with Gasteiger partial charge in [0.1, 0.15) is 12.4 Å². The van der Waals surface area contributed by atoms with E-state index in [1.807, 2.05) is 85.8 Å². The Balaban J connectivity index is 2.04. The lowest BCUT2D eigenvalue weighted by molar-refractivity contribution is 0.170. The molecule has 2 nitrogen and oxygen atoms in total. The van der Waals surface area contributed by atoms with Crippen LogP contribution in [0.15, 0.2) is 78.9 Å². The first-order chi connectivity index (χ1) is 18.6. The minimum absolute atomic E-state index is 0.0629. The van der Waals surface area contributed by atoms with Crippen LogP contribution < -0.4 is 4.74 Å². The first-order valence-corrected chi connectivity index (χ1v) is 10.7. The summed E-state index contributed by atoms with van der Waals surface area (Å²) in [4.78, 5) is 1.14. The topological polar surface area (TPSA) is 12.5 Å². The largest absolute Gasteiger partial charge is 0.489 e. The fraction of sp³-hybridized carbons (Fsp3) is 0.379. The van der Waals surface area contributed by atoms with E-state index in [-0.39, 0.29) is 18.9 Å². The van der Waals surface area contributed by atoms with Crippen LogP contribution >= 0.6 is 0 Å². The molecule has 0 aliphatic heterocycles. The third-order valence-electron chi connectivity index (χ3n) is 5.48. The second kappa shape index (κ2) is 11.2. The van der Waals surface area contributed by atoms with Gasteiger partial charge in [-0.1, -0.05) is 78.4 Å². The lowest BCUT2D eigenvalue weighted by atomic mass is 9.86. The number of nitrogens with zero attached hydrogens (tertiary/aromatic N) is 1. The van der Waals surface area contributed by atoms with Crippen LogP contribution in [0.3, 0.4) is 0 Å². The number of aryl methyl sites for hydroxylation is 1. The second-order valence-electron chi connectivity index (χ2n) is 7.88. The molecule has 0 saturated carbocycles. The molecule has 0 aliphatic carbocycles. The second-order valence-corrected chi connectivity index (χ2v) is 7.88. The Bertz CT molecular complexity index is 1190. The summed E-state index contributed by atoms with van der Waals surface area (Å²) >= 11 is 0. The fourth-order valence-corrected chi connectivity index (χ4v) is 3.82. The van der Waals surface area contributed by atoms with E-state index in [1.165, 1.54) is 6.92 Å². The Morgan fingerprint density at radius 2 is 1.55 bits per heavy atom. The molecule has 0 aliphatic rings. The summed E-state index contributed by atoms with van der Waals surface area (Å²) in [5, 5.41) is 0. The molecule has 0 bridgehead atoms. The van der Waals surface area contributed by atoms with Crippen molar-refractivity contribution in [1.82, 2.24) is 4.90 Å². The van der Waals surface area contributed by atoms with Gasteiger partial charge in [0, 0.05) is 35.9 Å². The van der Waals surface area contributed by atoms with Crippen molar-refractivity contribution < 1.29 is 17.1 Å². The highest BCUT2D eigenvalue weighted by Crippen LogP contribution is 2.36. The number of ether oxygens (including phenoxy) is 1. The molecule has 2 heteroatoms. The quantitative estimate of drug-likeness (QED) is 0.341. The van der Waals surface area contributed by atoms with E-state index >= 15 is 0 Å². The van der Waals surface area contributed by atoms with E-state index < -0.39 is 32.6 Å². The highest BCUT2D eigenvalue weighted by atomic mass is 16.5. The van der Waals surface area contributed by atoms with Crippen molar-refractivity contribution in [2.24, 2.45) is 0 Å². The number of rotatable bonds is 10. The molecule has 0 radical (unpaired) electrons. The van der Waals surface area contributed by atoms with Gasteiger partial charge in [-0.3, -0.25) is 4.90 Å². The Morgan fingerprint density at radius 1 is 0.871 bits per heavy atom.